The van der Waals surface area contributed by atoms with Crippen LogP contribution in [0.1, 0.15) is 155 Å². The molecule has 0 unspecified atom stereocenters. The predicted molar refractivity (Wildman–Crippen MR) is 307 cm³/mol. The van der Waals surface area contributed by atoms with Gasteiger partial charge in [0, 0.05) is 49.8 Å². The molecular formula is C66H80N4O8. The number of benzene rings is 5. The Morgan fingerprint density at radius 3 is 2.27 bits per heavy atom. The summed E-state index contributed by atoms with van der Waals surface area (Å²) in [6, 6.07) is 37.8. The molecule has 12 nitrogen and oxygen atoms in total. The predicted octanol–water partition coefficient (Wildman–Crippen LogP) is 13.9. The van der Waals surface area contributed by atoms with Crippen molar-refractivity contribution in [3.05, 3.63) is 167 Å². The number of fused-ring (bicyclic) bond motifs is 3. The Balaban J connectivity index is 1.24. The third-order valence-corrected chi connectivity index (χ3v) is 16.0. The zero-order valence-electron chi connectivity index (χ0n) is 45.7. The van der Waals surface area contributed by atoms with E-state index in [1.54, 1.807) is 36.4 Å². The minimum atomic E-state index is -1.55. The van der Waals surface area contributed by atoms with Gasteiger partial charge in [-0.25, -0.2) is 4.79 Å². The lowest BCUT2D eigenvalue weighted by Crippen LogP contribution is -2.70. The summed E-state index contributed by atoms with van der Waals surface area (Å²) < 4.78 is 21.0. The maximum absolute atomic E-state index is 15.8. The van der Waals surface area contributed by atoms with Crippen LogP contribution in [0.5, 0.6) is 11.5 Å². The monoisotopic (exact) mass is 1060 g/mol. The van der Waals surface area contributed by atoms with E-state index in [1.165, 1.54) is 44.9 Å². The molecule has 12 heteroatoms. The molecule has 3 aliphatic rings. The molecule has 6 atom stereocenters. The number of allylic oxidation sites excluding steroid dienone is 1. The first kappa shape index (κ1) is 57.4. The molecule has 0 bridgehead atoms. The number of carbonyl (C=O) groups is 2. The number of unbranched alkanes of at least 4 members (excludes halogenated alkanes) is 11. The number of hydrogen-bond donors (Lipinski definition) is 3. The molecular weight excluding hydrogens is 977 g/mol. The van der Waals surface area contributed by atoms with E-state index in [0.29, 0.717) is 47.7 Å². The second-order valence-corrected chi connectivity index (χ2v) is 21.3. The Labute approximate surface area is 462 Å². The first-order valence-electron chi connectivity index (χ1n) is 28.8. The van der Waals surface area contributed by atoms with E-state index < -0.39 is 23.8 Å². The molecule has 1 aliphatic heterocycles. The van der Waals surface area contributed by atoms with Crippen LogP contribution < -0.4 is 14.8 Å². The summed E-state index contributed by atoms with van der Waals surface area (Å²) in [7, 11) is 0. The first-order chi connectivity index (χ1) is 38.3. The summed E-state index contributed by atoms with van der Waals surface area (Å²) in [4.78, 5) is 37.6. The highest BCUT2D eigenvalue weighted by Gasteiger charge is 2.65. The number of nitrogens with one attached hydrogen (secondary N) is 1. The highest BCUT2D eigenvalue weighted by Crippen LogP contribution is 2.62. The minimum Gasteiger partial charge on any atom is -0.459 e. The number of amides is 2. The summed E-state index contributed by atoms with van der Waals surface area (Å²) >= 11 is 0. The van der Waals surface area contributed by atoms with Gasteiger partial charge in [0.05, 0.1) is 29.9 Å². The largest absolute Gasteiger partial charge is 0.459 e. The third kappa shape index (κ3) is 14.3. The Hall–Kier alpha value is -6.78. The van der Waals surface area contributed by atoms with Crippen LogP contribution in [0.3, 0.4) is 0 Å². The van der Waals surface area contributed by atoms with Crippen molar-refractivity contribution in [3.63, 3.8) is 0 Å². The van der Waals surface area contributed by atoms with Gasteiger partial charge in [0.1, 0.15) is 24.1 Å². The number of hydrogen-bond acceptors (Lipinski definition) is 10. The summed E-state index contributed by atoms with van der Waals surface area (Å²) in [5.74, 6) is -1.92. The average molecular weight is 1060 g/mol. The van der Waals surface area contributed by atoms with Crippen LogP contribution in [0.15, 0.2) is 145 Å². The molecule has 0 saturated heterocycles. The van der Waals surface area contributed by atoms with E-state index in [4.69, 9.17) is 24.2 Å². The maximum atomic E-state index is 15.8. The van der Waals surface area contributed by atoms with Crippen molar-refractivity contribution in [1.82, 2.24) is 10.2 Å². The van der Waals surface area contributed by atoms with Crippen LogP contribution in [0, 0.1) is 29.1 Å². The molecule has 3 N–H and O–H groups in total. The van der Waals surface area contributed by atoms with Gasteiger partial charge in [-0.2, -0.15) is 5.26 Å². The maximum Gasteiger partial charge on any atom is 0.412 e. The van der Waals surface area contributed by atoms with Crippen molar-refractivity contribution in [3.8, 4) is 17.6 Å². The molecule has 412 valence electrons. The number of carbonyl (C=O) groups excluding carboxylic acids is 2. The van der Waals surface area contributed by atoms with Crippen LogP contribution in [0.25, 0.3) is 10.8 Å². The molecule has 0 radical (unpaired) electrons. The molecule has 2 aliphatic carbocycles. The SMILES string of the molecule is C=CCO[C@@]12Oc3ccc(OC(=O)NCCCCCCCCCCCC)cc3[C@H]3[C@H](CCCCO)[C@@H](CCCCO)C=C(C(=NOCc4ccccc4)C[C@@H]1N(Cc1cccc4ccccc14)C(=O)c1ccc(C#N)cc1)[C@H]32. The van der Waals surface area contributed by atoms with Gasteiger partial charge in [-0.05, 0) is 114 Å². The number of nitriles is 1. The van der Waals surface area contributed by atoms with E-state index in [2.05, 4.69) is 49.2 Å². The van der Waals surface area contributed by atoms with Crippen molar-refractivity contribution < 1.29 is 38.9 Å². The van der Waals surface area contributed by atoms with Gasteiger partial charge in [0.2, 0.25) is 5.79 Å². The summed E-state index contributed by atoms with van der Waals surface area (Å²) in [5.41, 5.74) is 5.09. The number of ether oxygens (including phenoxy) is 3. The summed E-state index contributed by atoms with van der Waals surface area (Å²) in [6.45, 7) is 7.46. The number of rotatable bonds is 30. The average Bonchev–Trinajstić information content (AvgIpc) is 2.79. The molecule has 78 heavy (non-hydrogen) atoms. The molecule has 1 heterocycles. The fourth-order valence-electron chi connectivity index (χ4n) is 12.2. The Morgan fingerprint density at radius 1 is 0.833 bits per heavy atom. The summed E-state index contributed by atoms with van der Waals surface area (Å²) in [5, 5.41) is 40.2. The first-order valence-corrected chi connectivity index (χ1v) is 28.8. The Bertz CT molecular complexity index is 2840. The van der Waals surface area contributed by atoms with E-state index in [9.17, 15) is 20.3 Å². The van der Waals surface area contributed by atoms with Gasteiger partial charge in [-0.1, -0.05) is 168 Å². The molecule has 1 saturated carbocycles. The van der Waals surface area contributed by atoms with E-state index in [0.717, 1.165) is 78.0 Å². The van der Waals surface area contributed by atoms with E-state index >= 15 is 4.79 Å². The number of nitrogens with zero attached hydrogens (tertiary/aromatic N) is 3. The third-order valence-electron chi connectivity index (χ3n) is 16.0. The number of aliphatic hydroxyl groups is 2. The highest BCUT2D eigenvalue weighted by atomic mass is 16.7. The topological polar surface area (TPSA) is 163 Å². The molecule has 2 amide bonds. The second-order valence-electron chi connectivity index (χ2n) is 21.3. The standard InChI is InChI=1S/C66H80N4O8/c1-3-5-6-7-8-9-10-11-12-20-38-68-65(74)77-54-36-37-60-58(43-54)62-56(31-19-22-40-72)52(27-18-21-39-71)42-57-59(69-76-47-49-24-14-13-15-25-49)44-61(66(78-60,63(57)62)75-41-4-2)70(64(73)51-34-32-48(45-67)33-35-51)46-53-29-23-28-50-26-16-17-30-55(50)53/h4,13-17,23-26,28-30,32-37,42-43,52,56,61-63,71-72H,2-3,5-12,18-22,27,31,38-41,44,46-47H2,1H3,(H,68,74)/t52-,56+,61-,62+,63+,66+/m0/s1. The molecule has 5 aromatic carbocycles. The lowest BCUT2D eigenvalue weighted by atomic mass is 9.55. The van der Waals surface area contributed by atoms with Crippen LogP contribution in [0.2, 0.25) is 0 Å². The Kier molecular flexibility index (Phi) is 21.5. The zero-order chi connectivity index (χ0) is 54.5. The van der Waals surface area contributed by atoms with Crippen LogP contribution in [-0.2, 0) is 22.7 Å². The van der Waals surface area contributed by atoms with Crippen molar-refractivity contribution in [1.29, 1.82) is 5.26 Å². The van der Waals surface area contributed by atoms with Crippen molar-refractivity contribution in [2.45, 2.75) is 147 Å². The summed E-state index contributed by atoms with van der Waals surface area (Å²) in [6.07, 6.45) is 20.0. The smallest absolute Gasteiger partial charge is 0.412 e. The van der Waals surface area contributed by atoms with Gasteiger partial charge in [-0.3, -0.25) is 4.79 Å². The normalized spacial score (nSPS) is 20.6. The second kappa shape index (κ2) is 29.3. The van der Waals surface area contributed by atoms with E-state index in [-0.39, 0.29) is 63.1 Å². The molecule has 5 aromatic rings. The van der Waals surface area contributed by atoms with Gasteiger partial charge in [0.15, 0.2) is 0 Å². The molecule has 0 aromatic heterocycles. The minimum absolute atomic E-state index is 0.00795. The fraction of sp³-hybridized carbons (Fsp3) is 0.455. The van der Waals surface area contributed by atoms with Crippen molar-refractivity contribution in [2.24, 2.45) is 22.9 Å². The van der Waals surface area contributed by atoms with Crippen molar-refractivity contribution >= 4 is 28.5 Å². The number of aliphatic hydroxyl groups excluding tert-OH is 2. The highest BCUT2D eigenvalue weighted by molar-refractivity contribution is 6.03. The van der Waals surface area contributed by atoms with Crippen LogP contribution in [0.4, 0.5) is 4.79 Å². The van der Waals surface area contributed by atoms with Crippen LogP contribution in [-0.4, -0.2) is 71.0 Å². The van der Waals surface area contributed by atoms with Gasteiger partial charge in [-0.15, -0.1) is 6.58 Å². The van der Waals surface area contributed by atoms with Gasteiger partial charge < -0.3 is 39.5 Å². The lowest BCUT2D eigenvalue weighted by Gasteiger charge is -2.60. The Morgan fingerprint density at radius 2 is 1.54 bits per heavy atom. The van der Waals surface area contributed by atoms with E-state index in [1.807, 2.05) is 71.6 Å². The number of oxime groups is 1. The molecule has 1 fully saturated rings. The zero-order valence-corrected chi connectivity index (χ0v) is 45.7. The van der Waals surface area contributed by atoms with Crippen LogP contribution >= 0.6 is 0 Å². The fourth-order valence-corrected chi connectivity index (χ4v) is 12.2. The van der Waals surface area contributed by atoms with Crippen molar-refractivity contribution in [2.75, 3.05) is 26.4 Å². The van der Waals surface area contributed by atoms with Gasteiger partial charge in [0.25, 0.3) is 5.91 Å². The quantitative estimate of drug-likeness (QED) is 0.0231. The lowest BCUT2D eigenvalue weighted by molar-refractivity contribution is -0.255. The van der Waals surface area contributed by atoms with Gasteiger partial charge >= 0.3 is 6.09 Å². The molecule has 0 spiro atoms. The molecule has 8 rings (SSSR count).